The third kappa shape index (κ3) is 4.76. The Balaban J connectivity index is 0.00000153. The molecule has 0 saturated heterocycles. The van der Waals surface area contributed by atoms with Crippen LogP contribution in [0.3, 0.4) is 0 Å². The average molecular weight is 613 g/mol. The minimum atomic E-state index is -3.52. The molecule has 33 heavy (non-hydrogen) atoms. The van der Waals surface area contributed by atoms with Crippen LogP contribution in [0.5, 0.6) is 0 Å². The Bertz CT molecular complexity index is 1240. The topological polar surface area (TPSA) is 0 Å². The number of allylic oxidation sites excluding steroid dienone is 8. The summed E-state index contributed by atoms with van der Waals surface area (Å²) in [5, 5.41) is 0. The molecule has 0 N–H and O–H groups in total. The van der Waals surface area contributed by atoms with Crippen molar-refractivity contribution < 1.29 is 15.7 Å². The van der Waals surface area contributed by atoms with Crippen molar-refractivity contribution >= 4 is 51.4 Å². The molecule has 0 amide bonds. The maximum atomic E-state index is 2.69. The van der Waals surface area contributed by atoms with Gasteiger partial charge in [0, 0.05) is 0 Å². The fraction of sp³-hybridized carbons (Fsp3) is 0.103. The van der Waals surface area contributed by atoms with Gasteiger partial charge < -0.3 is 0 Å². The SMILES string of the molecule is Cl.Cl.[CH3][Zr](=[GeH2])([C]1=CC(c2ccccc2)=CC1)([C]1=CC(c2ccccc2)=CC1)[c]1ccccc1. The standard InChI is InChI=1S/2C11H9.C6H5.CH3.2ClH.GeH2.Zr/c2*1-2-6-10(7-3-1)11-8-4-5-9-11;1-2-4-6-5-3-1;;;;;/h2*1-3,6-9H,4H2;1-5H;1H3;2*1H;1H2;. The number of halogens is 2. The predicted octanol–water partition coefficient (Wildman–Crippen LogP) is 7.18. The fourth-order valence-corrected chi connectivity index (χ4v) is 25.6. The van der Waals surface area contributed by atoms with E-state index in [-0.39, 0.29) is 24.8 Å². The Kier molecular flexibility index (Phi) is 8.34. The summed E-state index contributed by atoms with van der Waals surface area (Å²) in [6.45, 7) is 0. The fourth-order valence-electron chi connectivity index (χ4n) is 5.12. The average Bonchev–Trinajstić information content (AvgIpc) is 3.53. The van der Waals surface area contributed by atoms with Gasteiger partial charge in [-0.3, -0.25) is 0 Å². The zero-order valence-electron chi connectivity index (χ0n) is 18.9. The summed E-state index contributed by atoms with van der Waals surface area (Å²) < 4.78 is 7.76. The van der Waals surface area contributed by atoms with Gasteiger partial charge in [-0.1, -0.05) is 0 Å². The maximum absolute atomic E-state index is 3.52. The predicted molar refractivity (Wildman–Crippen MR) is 149 cm³/mol. The van der Waals surface area contributed by atoms with Crippen LogP contribution in [0.2, 0.25) is 4.63 Å². The summed E-state index contributed by atoms with van der Waals surface area (Å²) in [6.07, 6.45) is 12.2. The molecule has 0 aromatic heterocycles. The van der Waals surface area contributed by atoms with Crippen molar-refractivity contribution in [2.75, 3.05) is 0 Å². The minimum absolute atomic E-state index is 0. The monoisotopic (exact) mass is 612 g/mol. The van der Waals surface area contributed by atoms with Crippen molar-refractivity contribution in [1.82, 2.24) is 0 Å². The van der Waals surface area contributed by atoms with Gasteiger partial charge in [0.1, 0.15) is 0 Å². The van der Waals surface area contributed by atoms with Crippen LogP contribution in [0.25, 0.3) is 11.1 Å². The van der Waals surface area contributed by atoms with Gasteiger partial charge in [0.05, 0.1) is 0 Å². The van der Waals surface area contributed by atoms with Gasteiger partial charge in [0.2, 0.25) is 0 Å². The normalized spacial score (nSPS) is 15.5. The van der Waals surface area contributed by atoms with Crippen LogP contribution in [0.1, 0.15) is 24.0 Å². The van der Waals surface area contributed by atoms with E-state index < -0.39 is 15.7 Å². The second-order valence-corrected chi connectivity index (χ2v) is 45.6. The van der Waals surface area contributed by atoms with Gasteiger partial charge in [0.25, 0.3) is 0 Å². The first kappa shape index (κ1) is 26.2. The molecule has 0 spiro atoms. The summed E-state index contributed by atoms with van der Waals surface area (Å²) in [4.78, 5) is 0. The van der Waals surface area contributed by atoms with Crippen molar-refractivity contribution in [3.8, 4) is 0 Å². The number of rotatable bonds is 5. The van der Waals surface area contributed by atoms with Crippen LogP contribution in [0.15, 0.2) is 122 Å². The summed E-state index contributed by atoms with van der Waals surface area (Å²) in [5.74, 6) is 0. The number of benzene rings is 3. The van der Waals surface area contributed by atoms with Crippen LogP contribution in [-0.2, 0) is 15.7 Å². The van der Waals surface area contributed by atoms with E-state index >= 15 is 0 Å². The van der Waals surface area contributed by atoms with E-state index in [1.807, 2.05) is 0 Å². The van der Waals surface area contributed by atoms with Gasteiger partial charge in [-0.05, 0) is 0 Å². The van der Waals surface area contributed by atoms with Crippen LogP contribution >= 0.6 is 24.8 Å². The Hall–Kier alpha value is -1.37. The van der Waals surface area contributed by atoms with E-state index in [9.17, 15) is 0 Å². The van der Waals surface area contributed by atoms with E-state index in [4.69, 9.17) is 0 Å². The zero-order chi connectivity index (χ0) is 21.3. The van der Waals surface area contributed by atoms with Crippen molar-refractivity contribution in [2.45, 2.75) is 17.5 Å². The number of hydrogen-bond donors (Lipinski definition) is 0. The molecular weight excluding hydrogens is 583 g/mol. The molecule has 5 rings (SSSR count). The molecule has 3 aromatic rings. The van der Waals surface area contributed by atoms with Crippen molar-refractivity contribution in [2.24, 2.45) is 0 Å². The van der Waals surface area contributed by atoms with Crippen molar-refractivity contribution in [3.63, 3.8) is 0 Å². The van der Waals surface area contributed by atoms with E-state index in [1.165, 1.54) is 34.4 Å². The molecule has 3 aromatic carbocycles. The van der Waals surface area contributed by atoms with Crippen molar-refractivity contribution in [3.05, 3.63) is 133 Å². The Morgan fingerprint density at radius 2 is 0.939 bits per heavy atom. The zero-order valence-corrected chi connectivity index (χ0v) is 26.0. The van der Waals surface area contributed by atoms with Crippen molar-refractivity contribution in [1.29, 1.82) is 0 Å². The molecule has 0 fully saturated rings. The second kappa shape index (κ2) is 10.5. The van der Waals surface area contributed by atoms with Gasteiger partial charge in [-0.15, -0.1) is 24.8 Å². The van der Waals surface area contributed by atoms with Gasteiger partial charge in [-0.2, -0.15) is 0 Å². The molecule has 0 aliphatic heterocycles. The van der Waals surface area contributed by atoms with Crippen LogP contribution in [0.4, 0.5) is 0 Å². The molecule has 0 nitrogen and oxygen atoms in total. The molecule has 0 atom stereocenters. The summed E-state index contributed by atoms with van der Waals surface area (Å²) in [6, 6.07) is 33.2. The third-order valence-corrected chi connectivity index (χ3v) is 38.5. The molecule has 4 heteroatoms. The van der Waals surface area contributed by atoms with Gasteiger partial charge in [-0.25, -0.2) is 0 Å². The molecule has 2 aliphatic carbocycles. The molecule has 0 heterocycles. The Morgan fingerprint density at radius 1 is 0.576 bits per heavy atom. The van der Waals surface area contributed by atoms with E-state index in [1.54, 1.807) is 9.83 Å². The number of hydrogen-bond acceptors (Lipinski definition) is 0. The van der Waals surface area contributed by atoms with Crippen LogP contribution in [0, 0.1) is 0 Å². The summed E-state index contributed by atoms with van der Waals surface area (Å²) in [7, 11) is 0. The first-order valence-electron chi connectivity index (χ1n) is 11.1. The van der Waals surface area contributed by atoms with Crippen LogP contribution in [-0.4, -0.2) is 12.1 Å². The quantitative estimate of drug-likeness (QED) is 0.268. The van der Waals surface area contributed by atoms with E-state index in [2.05, 4.69) is 120 Å². The first-order valence-corrected chi connectivity index (χ1v) is 27.8. The van der Waals surface area contributed by atoms with Gasteiger partial charge >= 0.3 is 193 Å². The molecule has 0 unspecified atom stereocenters. The molecule has 168 valence electrons. The first-order chi connectivity index (χ1) is 15.1. The molecular formula is C29H30Cl2GeZr. The molecule has 0 bridgehead atoms. The summed E-state index contributed by atoms with van der Waals surface area (Å²) in [5.41, 5.74) is 5.48. The molecule has 0 radical (unpaired) electrons. The third-order valence-electron chi connectivity index (χ3n) is 7.25. The molecule has 2 aliphatic rings. The van der Waals surface area contributed by atoms with Gasteiger partial charge in [0.15, 0.2) is 0 Å². The van der Waals surface area contributed by atoms with Crippen LogP contribution < -0.4 is 3.27 Å². The van der Waals surface area contributed by atoms with E-state index in [0.717, 1.165) is 12.8 Å². The molecule has 0 saturated carbocycles. The summed E-state index contributed by atoms with van der Waals surface area (Å²) >= 11 is -2.17. The Labute approximate surface area is 215 Å². The van der Waals surface area contributed by atoms with E-state index in [0.29, 0.717) is 0 Å². The Morgan fingerprint density at radius 3 is 1.33 bits per heavy atom. The second-order valence-electron chi connectivity index (χ2n) is 9.17.